The van der Waals surface area contributed by atoms with Crippen LogP contribution in [0.25, 0.3) is 0 Å². The quantitative estimate of drug-likeness (QED) is 0.430. The number of rotatable bonds is 10. The van der Waals surface area contributed by atoms with Gasteiger partial charge < -0.3 is 0 Å². The van der Waals surface area contributed by atoms with Crippen LogP contribution in [0, 0.1) is 5.92 Å². The third-order valence-electron chi connectivity index (χ3n) is 4.18. The van der Waals surface area contributed by atoms with E-state index in [1.165, 1.54) is 12.8 Å². The Morgan fingerprint density at radius 2 is 1.79 bits per heavy atom. The van der Waals surface area contributed by atoms with Gasteiger partial charge in [0.2, 0.25) is 0 Å². The number of carbonyl (C=O) groups excluding carboxylic acids is 1. The van der Waals surface area contributed by atoms with Crippen LogP contribution in [-0.4, -0.2) is 29.3 Å². The molecule has 0 amide bonds. The van der Waals surface area contributed by atoms with E-state index in [1.54, 1.807) is 0 Å². The fourth-order valence-electron chi connectivity index (χ4n) is 2.60. The molecule has 2 heteroatoms. The Labute approximate surface area is 120 Å². The second-order valence-corrected chi connectivity index (χ2v) is 6.39. The van der Waals surface area contributed by atoms with E-state index in [0.717, 1.165) is 19.3 Å². The summed E-state index contributed by atoms with van der Waals surface area (Å²) in [6.07, 6.45) is 7.48. The van der Waals surface area contributed by atoms with Gasteiger partial charge in [0.25, 0.3) is 0 Å². The maximum atomic E-state index is 12.6. The van der Waals surface area contributed by atoms with Crippen LogP contribution in [-0.2, 0) is 4.79 Å². The van der Waals surface area contributed by atoms with Gasteiger partial charge in [0.05, 0.1) is 5.54 Å². The Hall–Kier alpha value is -0.630. The zero-order valence-electron chi connectivity index (χ0n) is 13.8. The molecule has 0 saturated heterocycles. The third-order valence-corrected chi connectivity index (χ3v) is 4.18. The second kappa shape index (κ2) is 8.52. The number of allylic oxidation sites excluding steroid dienone is 1. The van der Waals surface area contributed by atoms with Crippen molar-refractivity contribution in [2.24, 2.45) is 5.92 Å². The first-order valence-corrected chi connectivity index (χ1v) is 7.65. The molecule has 1 atom stereocenters. The van der Waals surface area contributed by atoms with Crippen molar-refractivity contribution in [2.45, 2.75) is 78.3 Å². The molecule has 0 heterocycles. The van der Waals surface area contributed by atoms with Crippen LogP contribution in [0.5, 0.6) is 0 Å². The number of unbranched alkanes of at least 4 members (excludes halogenated alkanes) is 3. The summed E-state index contributed by atoms with van der Waals surface area (Å²) in [7, 11) is 2.08. The predicted molar refractivity (Wildman–Crippen MR) is 84.4 cm³/mol. The van der Waals surface area contributed by atoms with Crippen molar-refractivity contribution in [3.05, 3.63) is 12.7 Å². The second-order valence-electron chi connectivity index (χ2n) is 6.39. The van der Waals surface area contributed by atoms with Gasteiger partial charge >= 0.3 is 0 Å². The lowest BCUT2D eigenvalue weighted by Gasteiger charge is -2.41. The van der Waals surface area contributed by atoms with Gasteiger partial charge in [0.1, 0.15) is 0 Å². The monoisotopic (exact) mass is 267 g/mol. The molecule has 0 bridgehead atoms. The van der Waals surface area contributed by atoms with E-state index in [9.17, 15) is 4.79 Å². The molecule has 19 heavy (non-hydrogen) atoms. The standard InChI is InChI=1S/C17H33NO/c1-8-9-10-11-12-13-17(6,16(19)14(2)3)18(7)15(4)5/h8,14-15H,1,9-13H2,2-7H3/t17-/m1/s1. The van der Waals surface area contributed by atoms with Gasteiger partial charge in [-0.2, -0.15) is 0 Å². The first-order chi connectivity index (χ1) is 8.77. The van der Waals surface area contributed by atoms with Gasteiger partial charge in [0.15, 0.2) is 5.78 Å². The molecule has 0 rings (SSSR count). The molecule has 0 fully saturated rings. The van der Waals surface area contributed by atoms with E-state index in [-0.39, 0.29) is 11.5 Å². The summed E-state index contributed by atoms with van der Waals surface area (Å²) in [5.74, 6) is 0.465. The summed E-state index contributed by atoms with van der Waals surface area (Å²) in [6, 6.07) is 0.390. The van der Waals surface area contributed by atoms with Gasteiger partial charge in [-0.25, -0.2) is 0 Å². The largest absolute Gasteiger partial charge is 0.297 e. The van der Waals surface area contributed by atoms with Crippen LogP contribution in [0.2, 0.25) is 0 Å². The lowest BCUT2D eigenvalue weighted by Crippen LogP contribution is -2.54. The average Bonchev–Trinajstić information content (AvgIpc) is 2.36. The SMILES string of the molecule is C=CCCCCC[C@](C)(C(=O)C(C)C)N(C)C(C)C. The van der Waals surface area contributed by atoms with E-state index in [0.29, 0.717) is 11.8 Å². The third kappa shape index (κ3) is 5.48. The highest BCUT2D eigenvalue weighted by molar-refractivity contribution is 5.89. The normalized spacial score (nSPS) is 15.0. The minimum Gasteiger partial charge on any atom is -0.297 e. The van der Waals surface area contributed by atoms with E-state index in [2.05, 4.69) is 39.3 Å². The average molecular weight is 267 g/mol. The summed E-state index contributed by atoms with van der Waals surface area (Å²) in [6.45, 7) is 14.2. The Kier molecular flexibility index (Phi) is 8.24. The molecular formula is C17H33NO. The number of likely N-dealkylation sites (N-methyl/N-ethyl adjacent to an activating group) is 1. The zero-order chi connectivity index (χ0) is 15.1. The minimum absolute atomic E-state index is 0.0966. The van der Waals surface area contributed by atoms with Gasteiger partial charge in [-0.3, -0.25) is 9.69 Å². The first kappa shape index (κ1) is 18.4. The van der Waals surface area contributed by atoms with E-state index in [4.69, 9.17) is 0 Å². The highest BCUT2D eigenvalue weighted by Crippen LogP contribution is 2.27. The summed E-state index contributed by atoms with van der Waals surface area (Å²) in [4.78, 5) is 14.8. The maximum Gasteiger partial charge on any atom is 0.155 e. The fraction of sp³-hybridized carbons (Fsp3) is 0.824. The number of hydrogen-bond donors (Lipinski definition) is 0. The Balaban J connectivity index is 4.68. The van der Waals surface area contributed by atoms with Crippen molar-refractivity contribution in [1.29, 1.82) is 0 Å². The smallest absolute Gasteiger partial charge is 0.155 e. The molecule has 0 radical (unpaired) electrons. The lowest BCUT2D eigenvalue weighted by molar-refractivity contribution is -0.134. The summed E-state index contributed by atoms with van der Waals surface area (Å²) < 4.78 is 0. The van der Waals surface area contributed by atoms with E-state index >= 15 is 0 Å². The summed E-state index contributed by atoms with van der Waals surface area (Å²) >= 11 is 0. The molecule has 0 aliphatic rings. The van der Waals surface area contributed by atoms with Crippen LogP contribution in [0.3, 0.4) is 0 Å². The molecular weight excluding hydrogens is 234 g/mol. The number of Topliss-reactive ketones (excluding diaryl/α,β-unsaturated/α-hetero) is 1. The number of nitrogens with zero attached hydrogens (tertiary/aromatic N) is 1. The molecule has 0 unspecified atom stereocenters. The van der Waals surface area contributed by atoms with Crippen molar-refractivity contribution in [2.75, 3.05) is 7.05 Å². The van der Waals surface area contributed by atoms with Crippen molar-refractivity contribution >= 4 is 5.78 Å². The number of ketones is 1. The molecule has 2 nitrogen and oxygen atoms in total. The van der Waals surface area contributed by atoms with Crippen LogP contribution >= 0.6 is 0 Å². The zero-order valence-corrected chi connectivity index (χ0v) is 13.8. The topological polar surface area (TPSA) is 20.3 Å². The fourth-order valence-corrected chi connectivity index (χ4v) is 2.60. The van der Waals surface area contributed by atoms with Crippen LogP contribution < -0.4 is 0 Å². The number of hydrogen-bond acceptors (Lipinski definition) is 2. The molecule has 0 aromatic rings. The Bertz CT molecular complexity index is 283. The lowest BCUT2D eigenvalue weighted by atomic mass is 9.82. The summed E-state index contributed by atoms with van der Waals surface area (Å²) in [5, 5.41) is 0. The van der Waals surface area contributed by atoms with Gasteiger partial charge in [-0.05, 0) is 47.1 Å². The Morgan fingerprint density at radius 1 is 1.21 bits per heavy atom. The van der Waals surface area contributed by atoms with E-state index in [1.807, 2.05) is 19.9 Å². The Morgan fingerprint density at radius 3 is 2.21 bits per heavy atom. The van der Waals surface area contributed by atoms with E-state index < -0.39 is 0 Å². The van der Waals surface area contributed by atoms with Crippen molar-refractivity contribution < 1.29 is 4.79 Å². The molecule has 0 aromatic heterocycles. The molecule has 0 spiro atoms. The van der Waals surface area contributed by atoms with Gasteiger partial charge in [-0.1, -0.05) is 32.8 Å². The molecule has 112 valence electrons. The predicted octanol–water partition coefficient (Wildman–Crippen LogP) is 4.45. The highest BCUT2D eigenvalue weighted by Gasteiger charge is 2.38. The van der Waals surface area contributed by atoms with Crippen molar-refractivity contribution in [3.63, 3.8) is 0 Å². The first-order valence-electron chi connectivity index (χ1n) is 7.65. The highest BCUT2D eigenvalue weighted by atomic mass is 16.1. The maximum absolute atomic E-state index is 12.6. The molecule has 0 aliphatic carbocycles. The molecule has 0 aliphatic heterocycles. The minimum atomic E-state index is -0.323. The molecule has 0 aromatic carbocycles. The summed E-state index contributed by atoms with van der Waals surface area (Å²) in [5.41, 5.74) is -0.323. The van der Waals surface area contributed by atoms with Crippen molar-refractivity contribution in [1.82, 2.24) is 4.90 Å². The van der Waals surface area contributed by atoms with Crippen LogP contribution in [0.1, 0.15) is 66.7 Å². The van der Waals surface area contributed by atoms with Gasteiger partial charge in [-0.15, -0.1) is 6.58 Å². The van der Waals surface area contributed by atoms with Crippen molar-refractivity contribution in [3.8, 4) is 0 Å². The van der Waals surface area contributed by atoms with Gasteiger partial charge in [0, 0.05) is 12.0 Å². The van der Waals surface area contributed by atoms with Crippen LogP contribution in [0.4, 0.5) is 0 Å². The van der Waals surface area contributed by atoms with Crippen LogP contribution in [0.15, 0.2) is 12.7 Å². The molecule has 0 N–H and O–H groups in total. The molecule has 0 saturated carbocycles. The number of carbonyl (C=O) groups is 1.